The van der Waals surface area contributed by atoms with Gasteiger partial charge < -0.3 is 14.2 Å². The van der Waals surface area contributed by atoms with Gasteiger partial charge in [-0.1, -0.05) is 194 Å². The van der Waals surface area contributed by atoms with Crippen molar-refractivity contribution in [2.45, 2.75) is 194 Å². The van der Waals surface area contributed by atoms with Crippen LogP contribution < -0.4 is 0 Å². The van der Waals surface area contributed by atoms with E-state index in [1.54, 1.807) is 0 Å². The van der Waals surface area contributed by atoms with E-state index < -0.39 is 6.10 Å². The first kappa shape index (κ1) is 56.8. The van der Waals surface area contributed by atoms with Gasteiger partial charge in [0.2, 0.25) is 0 Å². The van der Waals surface area contributed by atoms with Gasteiger partial charge >= 0.3 is 17.9 Å². The number of unbranched alkanes of at least 4 members (excludes halogenated alkanes) is 14. The Bertz CT molecular complexity index is 1340. The van der Waals surface area contributed by atoms with Crippen molar-refractivity contribution >= 4 is 17.9 Å². The van der Waals surface area contributed by atoms with Crippen molar-refractivity contribution in [3.63, 3.8) is 0 Å². The van der Waals surface area contributed by atoms with Crippen LogP contribution in [0.2, 0.25) is 0 Å². The Morgan fingerprint density at radius 1 is 0.361 bits per heavy atom. The molecule has 61 heavy (non-hydrogen) atoms. The number of esters is 3. The largest absolute Gasteiger partial charge is 0.462 e. The zero-order valence-corrected chi connectivity index (χ0v) is 38.9. The van der Waals surface area contributed by atoms with E-state index in [0.29, 0.717) is 12.8 Å². The van der Waals surface area contributed by atoms with E-state index >= 15 is 0 Å². The highest BCUT2D eigenvalue weighted by Crippen LogP contribution is 2.11. The Morgan fingerprint density at radius 3 is 1.30 bits per heavy atom. The molecule has 0 heterocycles. The first-order valence-corrected chi connectivity index (χ1v) is 24.1. The number of rotatable bonds is 41. The standard InChI is InChI=1S/C55H86O6/c1-4-7-10-13-16-19-22-24-26-27-29-30-33-36-39-42-45-48-54(57)60-51-52(50-59-53(56)47-44-41-38-35-32-21-18-15-12-9-6-3)61-55(58)49-46-43-40-37-34-31-28-25-23-20-17-14-11-8-5-2/h8,11,14-21,23-26,28-30,32,36,39,52H,4-7,9-10,12-13,22,27,31,33-35,37-38,40-51H2,1-3H3/b11-8-,17-14-,18-15-,19-16-,23-20-,26-24-,28-25-,30-29-,32-21-,39-36-. The first-order valence-electron chi connectivity index (χ1n) is 24.1. The average Bonchev–Trinajstić information content (AvgIpc) is 3.26. The topological polar surface area (TPSA) is 78.9 Å². The van der Waals surface area contributed by atoms with Crippen molar-refractivity contribution in [3.05, 3.63) is 122 Å². The molecule has 0 aliphatic heterocycles. The summed E-state index contributed by atoms with van der Waals surface area (Å²) >= 11 is 0. The minimum atomic E-state index is -0.825. The van der Waals surface area contributed by atoms with Gasteiger partial charge in [-0.3, -0.25) is 14.4 Å². The molecule has 0 aliphatic rings. The summed E-state index contributed by atoms with van der Waals surface area (Å²) in [6, 6.07) is 0. The van der Waals surface area contributed by atoms with Gasteiger partial charge in [0.1, 0.15) is 13.2 Å². The van der Waals surface area contributed by atoms with Crippen LogP contribution in [0.15, 0.2) is 122 Å². The van der Waals surface area contributed by atoms with Gasteiger partial charge in [-0.15, -0.1) is 0 Å². The Kier molecular flexibility index (Phi) is 45.1. The SMILES string of the molecule is CC\C=C/C=C\C=C/C=C\CCCCCCCC(=O)OC(COC(=O)CCC/C=C\C/C=C\C/C=C\C/C=C\CCCCC)COC(=O)CCCCC/C=C\C=C/CCCC. The Labute approximate surface area is 373 Å². The van der Waals surface area contributed by atoms with E-state index in [2.05, 4.69) is 118 Å². The van der Waals surface area contributed by atoms with Crippen molar-refractivity contribution in [2.24, 2.45) is 0 Å². The van der Waals surface area contributed by atoms with Crippen LogP contribution in [-0.4, -0.2) is 37.2 Å². The molecule has 0 N–H and O–H groups in total. The Hall–Kier alpha value is -4.19. The average molecular weight is 843 g/mol. The van der Waals surface area contributed by atoms with Crippen molar-refractivity contribution in [1.82, 2.24) is 0 Å². The van der Waals surface area contributed by atoms with Crippen LogP contribution in [0.3, 0.4) is 0 Å². The fraction of sp³-hybridized carbons (Fsp3) is 0.582. The molecule has 0 spiro atoms. The lowest BCUT2D eigenvalue weighted by atomic mass is 10.1. The summed E-state index contributed by atoms with van der Waals surface area (Å²) in [6.45, 7) is 6.29. The molecule has 0 rings (SSSR count). The highest BCUT2D eigenvalue weighted by Gasteiger charge is 2.19. The minimum Gasteiger partial charge on any atom is -0.462 e. The third kappa shape index (κ3) is 46.7. The number of hydrogen-bond acceptors (Lipinski definition) is 6. The molecule has 0 aromatic carbocycles. The minimum absolute atomic E-state index is 0.123. The molecule has 0 aromatic rings. The fourth-order valence-corrected chi connectivity index (χ4v) is 5.89. The van der Waals surface area contributed by atoms with Gasteiger partial charge in [0.15, 0.2) is 6.10 Å². The van der Waals surface area contributed by atoms with Crippen LogP contribution in [0.25, 0.3) is 0 Å². The van der Waals surface area contributed by atoms with E-state index in [1.165, 1.54) is 38.5 Å². The summed E-state index contributed by atoms with van der Waals surface area (Å²) in [7, 11) is 0. The molecule has 0 fully saturated rings. The maximum atomic E-state index is 12.8. The van der Waals surface area contributed by atoms with E-state index in [0.717, 1.165) is 103 Å². The van der Waals surface area contributed by atoms with Gasteiger partial charge in [-0.2, -0.15) is 0 Å². The zero-order chi connectivity index (χ0) is 44.4. The second-order valence-corrected chi connectivity index (χ2v) is 15.4. The maximum Gasteiger partial charge on any atom is 0.306 e. The van der Waals surface area contributed by atoms with Crippen LogP contribution in [0.5, 0.6) is 0 Å². The summed E-state index contributed by atoms with van der Waals surface area (Å²) < 4.78 is 16.6. The summed E-state index contributed by atoms with van der Waals surface area (Å²) in [5.41, 5.74) is 0. The normalized spacial score (nSPS) is 13.2. The van der Waals surface area contributed by atoms with Crippen LogP contribution in [0.4, 0.5) is 0 Å². The lowest BCUT2D eigenvalue weighted by Crippen LogP contribution is -2.30. The molecule has 0 aliphatic carbocycles. The summed E-state index contributed by atoms with van der Waals surface area (Å²) in [5, 5.41) is 0. The maximum absolute atomic E-state index is 12.8. The summed E-state index contributed by atoms with van der Waals surface area (Å²) in [5.74, 6) is -1.04. The molecule has 1 atom stereocenters. The molecule has 0 radical (unpaired) electrons. The quantitative estimate of drug-likeness (QED) is 0.0201. The van der Waals surface area contributed by atoms with E-state index in [1.807, 2.05) is 24.3 Å². The second kappa shape index (κ2) is 48.5. The predicted molar refractivity (Wildman–Crippen MR) is 260 cm³/mol. The molecular formula is C55H86O6. The van der Waals surface area contributed by atoms with Crippen LogP contribution >= 0.6 is 0 Å². The summed E-state index contributed by atoms with van der Waals surface area (Å²) in [4.78, 5) is 37.8. The van der Waals surface area contributed by atoms with Gasteiger partial charge in [0.25, 0.3) is 0 Å². The van der Waals surface area contributed by atoms with Crippen LogP contribution in [0, 0.1) is 0 Å². The monoisotopic (exact) mass is 843 g/mol. The molecule has 0 bridgehead atoms. The molecule has 0 saturated carbocycles. The van der Waals surface area contributed by atoms with Crippen molar-refractivity contribution in [1.29, 1.82) is 0 Å². The molecule has 1 unspecified atom stereocenters. The van der Waals surface area contributed by atoms with E-state index in [-0.39, 0.29) is 44.0 Å². The number of ether oxygens (including phenoxy) is 3. The van der Waals surface area contributed by atoms with Gasteiger partial charge in [-0.05, 0) is 96.3 Å². The van der Waals surface area contributed by atoms with Crippen molar-refractivity contribution in [2.75, 3.05) is 13.2 Å². The van der Waals surface area contributed by atoms with Gasteiger partial charge in [-0.25, -0.2) is 0 Å². The molecule has 0 amide bonds. The third-order valence-electron chi connectivity index (χ3n) is 9.54. The highest BCUT2D eigenvalue weighted by atomic mass is 16.6. The number of carbonyl (C=O) groups excluding carboxylic acids is 3. The molecular weight excluding hydrogens is 757 g/mol. The van der Waals surface area contributed by atoms with E-state index in [9.17, 15) is 14.4 Å². The zero-order valence-electron chi connectivity index (χ0n) is 38.9. The molecule has 0 aromatic heterocycles. The Morgan fingerprint density at radius 2 is 0.738 bits per heavy atom. The number of hydrogen-bond donors (Lipinski definition) is 0. The van der Waals surface area contributed by atoms with E-state index in [4.69, 9.17) is 14.2 Å². The lowest BCUT2D eigenvalue weighted by molar-refractivity contribution is -0.167. The number of allylic oxidation sites excluding steroid dienone is 20. The fourth-order valence-electron chi connectivity index (χ4n) is 5.89. The molecule has 0 saturated heterocycles. The molecule has 342 valence electrons. The van der Waals surface area contributed by atoms with Gasteiger partial charge in [0, 0.05) is 19.3 Å². The predicted octanol–water partition coefficient (Wildman–Crippen LogP) is 15.7. The molecule has 6 heteroatoms. The first-order chi connectivity index (χ1) is 30.0. The van der Waals surface area contributed by atoms with Crippen LogP contribution in [-0.2, 0) is 28.6 Å². The smallest absolute Gasteiger partial charge is 0.306 e. The molecule has 6 nitrogen and oxygen atoms in total. The number of carbonyl (C=O) groups is 3. The highest BCUT2D eigenvalue weighted by molar-refractivity contribution is 5.71. The second-order valence-electron chi connectivity index (χ2n) is 15.4. The van der Waals surface area contributed by atoms with Crippen molar-refractivity contribution < 1.29 is 28.6 Å². The summed E-state index contributed by atoms with van der Waals surface area (Å²) in [6.07, 6.45) is 66.1. The van der Waals surface area contributed by atoms with Gasteiger partial charge in [0.05, 0.1) is 0 Å². The third-order valence-corrected chi connectivity index (χ3v) is 9.54. The van der Waals surface area contributed by atoms with Crippen LogP contribution in [0.1, 0.15) is 188 Å². The lowest BCUT2D eigenvalue weighted by Gasteiger charge is -2.18. The Balaban J connectivity index is 4.57. The van der Waals surface area contributed by atoms with Crippen molar-refractivity contribution in [3.8, 4) is 0 Å².